The van der Waals surface area contributed by atoms with Gasteiger partial charge >= 0.3 is 0 Å². The second-order valence-electron chi connectivity index (χ2n) is 2.71. The van der Waals surface area contributed by atoms with Crippen LogP contribution >= 0.6 is 0 Å². The quantitative estimate of drug-likeness (QED) is 0.607. The molecule has 0 aliphatic rings. The van der Waals surface area contributed by atoms with Gasteiger partial charge in [0.25, 0.3) is 0 Å². The summed E-state index contributed by atoms with van der Waals surface area (Å²) in [7, 11) is 0. The van der Waals surface area contributed by atoms with Crippen LogP contribution in [0, 0.1) is 0 Å². The standard InChI is InChI=1S/C6H8N8O/c15-6(4-14-2-1-8-13-14)7-3-5-9-11-12-10-5/h1-2H,3-4H2,(H,7,15)(H,9,10,11,12). The number of amides is 1. The molecule has 9 nitrogen and oxygen atoms in total. The van der Waals surface area contributed by atoms with Gasteiger partial charge in [0.1, 0.15) is 6.54 Å². The molecule has 2 N–H and O–H groups in total. The molecule has 0 aliphatic heterocycles. The van der Waals surface area contributed by atoms with E-state index in [-0.39, 0.29) is 19.0 Å². The average Bonchev–Trinajstić information content (AvgIpc) is 2.86. The fourth-order valence-electron chi connectivity index (χ4n) is 0.955. The monoisotopic (exact) mass is 208 g/mol. The molecular formula is C6H8N8O. The summed E-state index contributed by atoms with van der Waals surface area (Å²) in [6.07, 6.45) is 3.11. The Morgan fingerprint density at radius 2 is 2.53 bits per heavy atom. The number of hydrogen-bond donors (Lipinski definition) is 2. The zero-order valence-electron chi connectivity index (χ0n) is 7.66. The number of carbonyl (C=O) groups excluding carboxylic acids is 1. The van der Waals surface area contributed by atoms with E-state index < -0.39 is 0 Å². The number of aromatic nitrogens is 7. The third-order valence-electron chi connectivity index (χ3n) is 1.61. The second-order valence-corrected chi connectivity index (χ2v) is 2.71. The molecule has 0 saturated heterocycles. The summed E-state index contributed by atoms with van der Waals surface area (Å²) in [5.41, 5.74) is 0. The van der Waals surface area contributed by atoms with E-state index in [0.29, 0.717) is 5.82 Å². The van der Waals surface area contributed by atoms with Gasteiger partial charge in [-0.2, -0.15) is 5.21 Å². The molecule has 2 rings (SSSR count). The number of nitrogens with zero attached hydrogens (tertiary/aromatic N) is 6. The lowest BCUT2D eigenvalue weighted by Gasteiger charge is -2.01. The molecule has 0 radical (unpaired) electrons. The highest BCUT2D eigenvalue weighted by Gasteiger charge is 2.04. The molecule has 0 atom stereocenters. The summed E-state index contributed by atoms with van der Waals surface area (Å²) in [5.74, 6) is 0.243. The van der Waals surface area contributed by atoms with Gasteiger partial charge in [0.05, 0.1) is 12.7 Å². The minimum absolute atomic E-state index is 0.123. The first-order valence-electron chi connectivity index (χ1n) is 4.18. The maximum atomic E-state index is 11.3. The molecule has 0 saturated carbocycles. The normalized spacial score (nSPS) is 10.1. The Hall–Kier alpha value is -2.32. The Morgan fingerprint density at radius 1 is 1.60 bits per heavy atom. The molecule has 0 bridgehead atoms. The number of hydrogen-bond acceptors (Lipinski definition) is 6. The van der Waals surface area contributed by atoms with E-state index in [4.69, 9.17) is 0 Å². The molecule has 0 aromatic carbocycles. The highest BCUT2D eigenvalue weighted by Crippen LogP contribution is 1.84. The third-order valence-corrected chi connectivity index (χ3v) is 1.61. The molecule has 0 spiro atoms. The predicted octanol–water partition coefficient (Wildman–Crippen LogP) is -1.89. The van der Waals surface area contributed by atoms with E-state index in [1.807, 2.05) is 0 Å². The minimum Gasteiger partial charge on any atom is -0.347 e. The number of rotatable bonds is 4. The molecule has 2 aromatic heterocycles. The molecule has 15 heavy (non-hydrogen) atoms. The van der Waals surface area contributed by atoms with Crippen molar-refractivity contribution in [2.24, 2.45) is 0 Å². The summed E-state index contributed by atoms with van der Waals surface area (Å²) < 4.78 is 1.42. The van der Waals surface area contributed by atoms with Crippen LogP contribution in [-0.2, 0) is 17.9 Å². The largest absolute Gasteiger partial charge is 0.347 e. The number of aromatic amines is 1. The van der Waals surface area contributed by atoms with Crippen LogP contribution in [0.15, 0.2) is 12.4 Å². The van der Waals surface area contributed by atoms with Crippen molar-refractivity contribution in [3.05, 3.63) is 18.2 Å². The van der Waals surface area contributed by atoms with Gasteiger partial charge in [-0.25, -0.2) is 4.68 Å². The summed E-state index contributed by atoms with van der Waals surface area (Å²) in [6, 6.07) is 0. The Morgan fingerprint density at radius 3 is 3.20 bits per heavy atom. The summed E-state index contributed by atoms with van der Waals surface area (Å²) >= 11 is 0. The molecule has 78 valence electrons. The van der Waals surface area contributed by atoms with Gasteiger partial charge in [-0.05, 0) is 0 Å². The smallest absolute Gasteiger partial charge is 0.242 e. The molecule has 0 unspecified atom stereocenters. The average molecular weight is 208 g/mol. The van der Waals surface area contributed by atoms with Crippen LogP contribution < -0.4 is 5.32 Å². The van der Waals surface area contributed by atoms with E-state index in [1.165, 1.54) is 10.9 Å². The predicted molar refractivity (Wildman–Crippen MR) is 46.0 cm³/mol. The summed E-state index contributed by atoms with van der Waals surface area (Å²) in [4.78, 5) is 11.3. The molecule has 1 amide bonds. The maximum Gasteiger partial charge on any atom is 0.242 e. The summed E-state index contributed by atoms with van der Waals surface area (Å²) in [6.45, 7) is 0.363. The Balaban J connectivity index is 1.78. The van der Waals surface area contributed by atoms with Crippen molar-refractivity contribution in [1.82, 2.24) is 40.9 Å². The number of tetrazole rings is 1. The van der Waals surface area contributed by atoms with Crippen molar-refractivity contribution in [3.63, 3.8) is 0 Å². The lowest BCUT2D eigenvalue weighted by molar-refractivity contribution is -0.122. The molecule has 0 aliphatic carbocycles. The van der Waals surface area contributed by atoms with Gasteiger partial charge in [-0.3, -0.25) is 4.79 Å². The first-order valence-corrected chi connectivity index (χ1v) is 4.18. The fraction of sp³-hybridized carbons (Fsp3) is 0.333. The Kier molecular flexibility index (Phi) is 2.63. The van der Waals surface area contributed by atoms with Gasteiger partial charge in [-0.1, -0.05) is 10.4 Å². The van der Waals surface area contributed by atoms with Crippen LogP contribution in [0.1, 0.15) is 5.82 Å². The lowest BCUT2D eigenvalue weighted by atomic mass is 10.5. The minimum atomic E-state index is -0.190. The molecule has 9 heteroatoms. The zero-order valence-corrected chi connectivity index (χ0v) is 7.66. The fourth-order valence-corrected chi connectivity index (χ4v) is 0.955. The first-order chi connectivity index (χ1) is 7.34. The van der Waals surface area contributed by atoms with E-state index in [0.717, 1.165) is 0 Å². The summed E-state index contributed by atoms with van der Waals surface area (Å²) in [5, 5.41) is 22.9. The number of H-pyrrole nitrogens is 1. The van der Waals surface area contributed by atoms with Gasteiger partial charge in [-0.15, -0.1) is 15.3 Å². The molecule has 2 aromatic rings. The van der Waals surface area contributed by atoms with Gasteiger partial charge in [0.15, 0.2) is 5.82 Å². The van der Waals surface area contributed by atoms with Crippen LogP contribution in [0.25, 0.3) is 0 Å². The van der Waals surface area contributed by atoms with Crippen LogP contribution in [0.3, 0.4) is 0 Å². The maximum absolute atomic E-state index is 11.3. The van der Waals surface area contributed by atoms with Crippen molar-refractivity contribution >= 4 is 5.91 Å². The zero-order chi connectivity index (χ0) is 10.5. The molecule has 2 heterocycles. The topological polar surface area (TPSA) is 114 Å². The van der Waals surface area contributed by atoms with E-state index in [9.17, 15) is 4.79 Å². The van der Waals surface area contributed by atoms with Crippen LogP contribution in [0.2, 0.25) is 0 Å². The highest BCUT2D eigenvalue weighted by molar-refractivity contribution is 5.75. The Bertz CT molecular complexity index is 406. The number of nitrogens with one attached hydrogen (secondary N) is 2. The van der Waals surface area contributed by atoms with E-state index in [2.05, 4.69) is 36.3 Å². The van der Waals surface area contributed by atoms with Crippen LogP contribution in [-0.4, -0.2) is 41.5 Å². The third kappa shape index (κ3) is 2.56. The van der Waals surface area contributed by atoms with E-state index in [1.54, 1.807) is 6.20 Å². The van der Waals surface area contributed by atoms with E-state index >= 15 is 0 Å². The van der Waals surface area contributed by atoms with Gasteiger partial charge in [0, 0.05) is 6.20 Å². The SMILES string of the molecule is O=C(Cn1ccnn1)NCc1nn[nH]n1. The van der Waals surface area contributed by atoms with Crippen molar-refractivity contribution in [2.45, 2.75) is 13.1 Å². The van der Waals surface area contributed by atoms with Crippen molar-refractivity contribution in [3.8, 4) is 0 Å². The second kappa shape index (κ2) is 4.26. The molecular weight excluding hydrogens is 200 g/mol. The van der Waals surface area contributed by atoms with Gasteiger partial charge in [0.2, 0.25) is 5.91 Å². The van der Waals surface area contributed by atoms with Crippen molar-refractivity contribution in [1.29, 1.82) is 0 Å². The van der Waals surface area contributed by atoms with Gasteiger partial charge < -0.3 is 5.32 Å². The Labute approximate surface area is 83.9 Å². The van der Waals surface area contributed by atoms with Crippen LogP contribution in [0.5, 0.6) is 0 Å². The van der Waals surface area contributed by atoms with Crippen molar-refractivity contribution < 1.29 is 4.79 Å². The van der Waals surface area contributed by atoms with Crippen molar-refractivity contribution in [2.75, 3.05) is 0 Å². The lowest BCUT2D eigenvalue weighted by Crippen LogP contribution is -2.27. The van der Waals surface area contributed by atoms with Crippen LogP contribution in [0.4, 0.5) is 0 Å². The highest BCUT2D eigenvalue weighted by atomic mass is 16.2. The molecule has 0 fully saturated rings. The first kappa shape index (κ1) is 9.24. The number of carbonyl (C=O) groups is 1.